The Bertz CT molecular complexity index is 404. The number of aryl methyl sites for hydroxylation is 1. The summed E-state index contributed by atoms with van der Waals surface area (Å²) in [6, 6.07) is 5.84. The highest BCUT2D eigenvalue weighted by atomic mass is 16.5. The van der Waals surface area contributed by atoms with Crippen LogP contribution >= 0.6 is 0 Å². The lowest BCUT2D eigenvalue weighted by molar-refractivity contribution is -0.145. The lowest BCUT2D eigenvalue weighted by Gasteiger charge is -2.18. The molecule has 1 aromatic carbocycles. The zero-order valence-electron chi connectivity index (χ0n) is 11.2. The second kappa shape index (κ2) is 7.01. The lowest BCUT2D eigenvalue weighted by Crippen LogP contribution is -2.27. The molecule has 0 radical (unpaired) electrons. The highest BCUT2D eigenvalue weighted by molar-refractivity contribution is 5.72. The summed E-state index contributed by atoms with van der Waals surface area (Å²) in [5.41, 5.74) is 1.96. The van der Waals surface area contributed by atoms with Crippen LogP contribution in [-0.4, -0.2) is 23.7 Å². The van der Waals surface area contributed by atoms with Crippen molar-refractivity contribution < 1.29 is 14.6 Å². The summed E-state index contributed by atoms with van der Waals surface area (Å²) in [6.07, 6.45) is -0.337. The Morgan fingerprint density at radius 3 is 2.72 bits per heavy atom. The Hall–Kier alpha value is -1.55. The van der Waals surface area contributed by atoms with Gasteiger partial charge in [0, 0.05) is 12.1 Å². The molecule has 0 bridgehead atoms. The molecule has 1 rings (SSSR count). The van der Waals surface area contributed by atoms with Crippen LogP contribution in [-0.2, 0) is 11.3 Å². The van der Waals surface area contributed by atoms with Crippen molar-refractivity contribution in [2.45, 2.75) is 39.8 Å². The molecule has 1 unspecified atom stereocenters. The number of rotatable bonds is 7. The number of carboxylic acid groups (broad SMARTS) is 1. The molecule has 0 aliphatic carbocycles. The standard InChI is InChI=1S/C14H21NO3/c1-4-12(14(16)17)18-13-10(3)7-6-8-11(13)9-15-5-2/h6-8,12,15H,4-5,9H2,1-3H3,(H,16,17). The zero-order chi connectivity index (χ0) is 13.5. The number of benzene rings is 1. The molecule has 1 atom stereocenters. The summed E-state index contributed by atoms with van der Waals surface area (Å²) >= 11 is 0. The highest BCUT2D eigenvalue weighted by Crippen LogP contribution is 2.25. The molecular weight excluding hydrogens is 230 g/mol. The Morgan fingerprint density at radius 2 is 2.17 bits per heavy atom. The number of hydrogen-bond acceptors (Lipinski definition) is 3. The molecule has 0 aromatic heterocycles. The first-order valence-corrected chi connectivity index (χ1v) is 6.28. The summed E-state index contributed by atoms with van der Waals surface area (Å²) in [5.74, 6) is -0.233. The number of aliphatic carboxylic acids is 1. The summed E-state index contributed by atoms with van der Waals surface area (Å²) in [5, 5.41) is 12.3. The predicted molar refractivity (Wildman–Crippen MR) is 70.9 cm³/mol. The van der Waals surface area contributed by atoms with Crippen molar-refractivity contribution in [2.75, 3.05) is 6.54 Å². The third-order valence-electron chi connectivity index (χ3n) is 2.77. The van der Waals surface area contributed by atoms with Gasteiger partial charge >= 0.3 is 5.97 Å². The average Bonchev–Trinajstić information content (AvgIpc) is 2.34. The molecule has 0 amide bonds. The van der Waals surface area contributed by atoms with Crippen molar-refractivity contribution in [1.29, 1.82) is 0 Å². The van der Waals surface area contributed by atoms with Crippen LogP contribution in [0.4, 0.5) is 0 Å². The topological polar surface area (TPSA) is 58.6 Å². The Labute approximate surface area is 108 Å². The third kappa shape index (κ3) is 3.74. The average molecular weight is 251 g/mol. The maximum Gasteiger partial charge on any atom is 0.344 e. The van der Waals surface area contributed by atoms with Crippen molar-refractivity contribution in [1.82, 2.24) is 5.32 Å². The van der Waals surface area contributed by atoms with Crippen LogP contribution in [0.15, 0.2) is 18.2 Å². The van der Waals surface area contributed by atoms with Crippen molar-refractivity contribution >= 4 is 5.97 Å². The van der Waals surface area contributed by atoms with E-state index in [1.807, 2.05) is 32.0 Å². The number of nitrogens with one attached hydrogen (secondary N) is 1. The number of carbonyl (C=O) groups is 1. The van der Waals surface area contributed by atoms with E-state index in [0.29, 0.717) is 18.7 Å². The molecule has 18 heavy (non-hydrogen) atoms. The molecule has 0 aliphatic heterocycles. The maximum absolute atomic E-state index is 11.0. The van der Waals surface area contributed by atoms with Gasteiger partial charge in [0.05, 0.1) is 0 Å². The Balaban J connectivity index is 2.94. The number of ether oxygens (including phenoxy) is 1. The molecule has 2 N–H and O–H groups in total. The van der Waals surface area contributed by atoms with Gasteiger partial charge in [0.1, 0.15) is 5.75 Å². The zero-order valence-corrected chi connectivity index (χ0v) is 11.2. The minimum Gasteiger partial charge on any atom is -0.479 e. The lowest BCUT2D eigenvalue weighted by atomic mass is 10.1. The van der Waals surface area contributed by atoms with E-state index in [2.05, 4.69) is 5.32 Å². The van der Waals surface area contributed by atoms with Gasteiger partial charge in [0.25, 0.3) is 0 Å². The van der Waals surface area contributed by atoms with Gasteiger partial charge in [-0.25, -0.2) is 4.79 Å². The van der Waals surface area contributed by atoms with Gasteiger partial charge in [-0.3, -0.25) is 0 Å². The van der Waals surface area contributed by atoms with Gasteiger partial charge in [0.2, 0.25) is 0 Å². The molecular formula is C14H21NO3. The van der Waals surface area contributed by atoms with E-state index < -0.39 is 12.1 Å². The van der Waals surface area contributed by atoms with E-state index in [-0.39, 0.29) is 0 Å². The molecule has 0 spiro atoms. The minimum absolute atomic E-state index is 0.449. The van der Waals surface area contributed by atoms with Crippen molar-refractivity contribution in [3.05, 3.63) is 29.3 Å². The summed E-state index contributed by atoms with van der Waals surface area (Å²) < 4.78 is 5.64. The van der Waals surface area contributed by atoms with E-state index >= 15 is 0 Å². The highest BCUT2D eigenvalue weighted by Gasteiger charge is 2.19. The Kier molecular flexibility index (Phi) is 5.65. The number of carboxylic acids is 1. The van der Waals surface area contributed by atoms with Crippen LogP contribution in [0.3, 0.4) is 0 Å². The van der Waals surface area contributed by atoms with Gasteiger partial charge in [-0.1, -0.05) is 32.0 Å². The van der Waals surface area contributed by atoms with Gasteiger partial charge < -0.3 is 15.2 Å². The minimum atomic E-state index is -0.921. The second-order valence-corrected chi connectivity index (χ2v) is 4.20. The smallest absolute Gasteiger partial charge is 0.344 e. The Morgan fingerprint density at radius 1 is 1.44 bits per heavy atom. The molecule has 0 fully saturated rings. The quantitative estimate of drug-likeness (QED) is 0.781. The normalized spacial score (nSPS) is 12.2. The van der Waals surface area contributed by atoms with Crippen molar-refractivity contribution in [3.63, 3.8) is 0 Å². The number of hydrogen-bond donors (Lipinski definition) is 2. The molecule has 100 valence electrons. The molecule has 0 saturated carbocycles. The fraction of sp³-hybridized carbons (Fsp3) is 0.500. The van der Waals surface area contributed by atoms with E-state index in [9.17, 15) is 4.79 Å². The molecule has 4 heteroatoms. The molecule has 1 aromatic rings. The van der Waals surface area contributed by atoms with E-state index in [4.69, 9.17) is 9.84 Å². The van der Waals surface area contributed by atoms with Gasteiger partial charge in [-0.15, -0.1) is 0 Å². The van der Waals surface area contributed by atoms with Gasteiger partial charge in [0.15, 0.2) is 6.10 Å². The third-order valence-corrected chi connectivity index (χ3v) is 2.77. The van der Waals surface area contributed by atoms with Crippen LogP contribution in [0.5, 0.6) is 5.75 Å². The van der Waals surface area contributed by atoms with Crippen molar-refractivity contribution in [3.8, 4) is 5.75 Å². The van der Waals surface area contributed by atoms with Crippen LogP contribution in [0.25, 0.3) is 0 Å². The summed E-state index contributed by atoms with van der Waals surface area (Å²) in [6.45, 7) is 7.32. The first-order valence-electron chi connectivity index (χ1n) is 6.28. The van der Waals surface area contributed by atoms with Gasteiger partial charge in [-0.2, -0.15) is 0 Å². The first kappa shape index (κ1) is 14.5. The molecule has 0 aliphatic rings. The monoisotopic (exact) mass is 251 g/mol. The SMILES string of the molecule is CCNCc1cccc(C)c1OC(CC)C(=O)O. The van der Waals surface area contributed by atoms with Crippen LogP contribution < -0.4 is 10.1 Å². The second-order valence-electron chi connectivity index (χ2n) is 4.20. The molecule has 4 nitrogen and oxygen atoms in total. The summed E-state index contributed by atoms with van der Waals surface area (Å²) in [4.78, 5) is 11.0. The molecule has 0 heterocycles. The van der Waals surface area contributed by atoms with Crippen LogP contribution in [0.2, 0.25) is 0 Å². The van der Waals surface area contributed by atoms with Crippen LogP contribution in [0.1, 0.15) is 31.4 Å². The van der Waals surface area contributed by atoms with Crippen LogP contribution in [0, 0.1) is 6.92 Å². The largest absolute Gasteiger partial charge is 0.479 e. The fourth-order valence-corrected chi connectivity index (χ4v) is 1.73. The van der Waals surface area contributed by atoms with E-state index in [1.54, 1.807) is 6.92 Å². The van der Waals surface area contributed by atoms with E-state index in [0.717, 1.165) is 17.7 Å². The predicted octanol–water partition coefficient (Wildman–Crippen LogP) is 2.35. The summed E-state index contributed by atoms with van der Waals surface area (Å²) in [7, 11) is 0. The first-order chi connectivity index (χ1) is 8.60. The fourth-order valence-electron chi connectivity index (χ4n) is 1.73. The van der Waals surface area contributed by atoms with E-state index in [1.165, 1.54) is 0 Å². The molecule has 0 saturated heterocycles. The van der Waals surface area contributed by atoms with Crippen molar-refractivity contribution in [2.24, 2.45) is 0 Å². The van der Waals surface area contributed by atoms with Gasteiger partial charge in [-0.05, 0) is 25.5 Å². The maximum atomic E-state index is 11.0. The number of para-hydroxylation sites is 1.